The van der Waals surface area contributed by atoms with Gasteiger partial charge in [0, 0.05) is 31.2 Å². The molecule has 3 N–H and O–H groups in total. The summed E-state index contributed by atoms with van der Waals surface area (Å²) in [6, 6.07) is 17.5. The van der Waals surface area contributed by atoms with Gasteiger partial charge in [-0.15, -0.1) is 8.73 Å². The molecule has 0 bridgehead atoms. The van der Waals surface area contributed by atoms with Gasteiger partial charge in [0.1, 0.15) is 5.82 Å². The average Bonchev–Trinajstić information content (AvgIpc) is 3.12. The topological polar surface area (TPSA) is 311 Å². The Morgan fingerprint density at radius 2 is 1.17 bits per heavy atom. The summed E-state index contributed by atoms with van der Waals surface area (Å²) >= 11 is 0. The Kier molecular flexibility index (Phi) is 14.0. The maximum absolute atomic E-state index is 12.2. The first kappa shape index (κ1) is 44.4. The molecule has 4 aromatic carbocycles. The van der Waals surface area contributed by atoms with E-state index in [1.54, 1.807) is 44.2 Å². The van der Waals surface area contributed by atoms with Crippen LogP contribution in [0.25, 0.3) is 0 Å². The molecule has 0 amide bonds. The van der Waals surface area contributed by atoms with Crippen LogP contribution in [0.15, 0.2) is 112 Å². The van der Waals surface area contributed by atoms with Crippen LogP contribution < -0.4 is 10.6 Å². The van der Waals surface area contributed by atoms with Gasteiger partial charge in [-0.2, -0.15) is 52.2 Å². The molecule has 21 nitrogen and oxygen atoms in total. The van der Waals surface area contributed by atoms with Crippen molar-refractivity contribution in [3.8, 4) is 0 Å². The number of anilines is 3. The monoisotopic (exact) mass is 895 g/mol. The summed E-state index contributed by atoms with van der Waals surface area (Å²) in [5, 5.41) is 31.8. The van der Waals surface area contributed by atoms with E-state index in [4.69, 9.17) is 5.11 Å². The van der Waals surface area contributed by atoms with E-state index in [9.17, 15) is 38.5 Å². The smallest absolute Gasteiger partial charge is 0.316 e. The second kappa shape index (κ2) is 18.9. The van der Waals surface area contributed by atoms with Crippen molar-refractivity contribution in [3.05, 3.63) is 95.3 Å². The third kappa shape index (κ3) is 13.2. The number of carboxylic acid groups (broad SMARTS) is 1. The number of benzene rings is 4. The number of nitrogens with one attached hydrogen (secondary N) is 2. The van der Waals surface area contributed by atoms with Gasteiger partial charge in [0.15, 0.2) is 19.7 Å². The number of nitrogens with zero attached hydrogens (tertiary/aromatic N) is 9. The molecule has 312 valence electrons. The van der Waals surface area contributed by atoms with Crippen LogP contribution >= 0.6 is 0 Å². The zero-order valence-corrected chi connectivity index (χ0v) is 35.1. The summed E-state index contributed by atoms with van der Waals surface area (Å²) in [5.41, 5.74) is 3.36. The summed E-state index contributed by atoms with van der Waals surface area (Å²) < 4.78 is 99.8. The van der Waals surface area contributed by atoms with Gasteiger partial charge in [-0.1, -0.05) is 12.1 Å². The van der Waals surface area contributed by atoms with Crippen LogP contribution in [-0.4, -0.2) is 78.8 Å². The van der Waals surface area contributed by atoms with Crippen molar-refractivity contribution in [3.63, 3.8) is 0 Å². The van der Waals surface area contributed by atoms with E-state index >= 15 is 0 Å². The third-order valence-electron chi connectivity index (χ3n) is 7.89. The van der Waals surface area contributed by atoms with Crippen molar-refractivity contribution in [1.29, 1.82) is 0 Å². The van der Waals surface area contributed by atoms with Gasteiger partial charge < -0.3 is 15.7 Å². The predicted molar refractivity (Wildman–Crippen MR) is 218 cm³/mol. The molecular formula is C35H33N11O10S4. The van der Waals surface area contributed by atoms with E-state index in [2.05, 4.69) is 54.8 Å². The minimum Gasteiger partial charge on any atom is -0.481 e. The van der Waals surface area contributed by atoms with Crippen LogP contribution in [0.2, 0.25) is 0 Å². The number of rotatable bonds is 16. The lowest BCUT2D eigenvalue weighted by Crippen LogP contribution is -2.13. The molecule has 5 aromatic rings. The number of azo groups is 2. The Hall–Kier alpha value is -6.70. The summed E-state index contributed by atoms with van der Waals surface area (Å²) in [7, 11) is -13.1. The fourth-order valence-electron chi connectivity index (χ4n) is 5.19. The Labute approximate surface area is 346 Å². The van der Waals surface area contributed by atoms with E-state index < -0.39 is 46.6 Å². The predicted octanol–water partition coefficient (Wildman–Crippen LogP) is 6.74. The Morgan fingerprint density at radius 3 is 1.68 bits per heavy atom. The molecule has 25 heteroatoms. The molecule has 0 fully saturated rings. The summed E-state index contributed by atoms with van der Waals surface area (Å²) in [6.07, 6.45) is 1.92. The molecule has 5 rings (SSSR count). The number of sulfone groups is 2. The highest BCUT2D eigenvalue weighted by Crippen LogP contribution is 2.32. The number of aryl methyl sites for hydroxylation is 2. The van der Waals surface area contributed by atoms with Gasteiger partial charge in [-0.25, -0.2) is 16.8 Å². The van der Waals surface area contributed by atoms with Crippen molar-refractivity contribution in [1.82, 2.24) is 15.0 Å². The van der Waals surface area contributed by atoms with E-state index in [0.717, 1.165) is 30.2 Å². The zero-order chi connectivity index (χ0) is 43.8. The fourth-order valence-corrected chi connectivity index (χ4v) is 7.17. The van der Waals surface area contributed by atoms with Gasteiger partial charge >= 0.3 is 27.0 Å². The lowest BCUT2D eigenvalue weighted by Gasteiger charge is -2.11. The molecule has 0 aliphatic carbocycles. The number of carbonyl (C=O) groups is 1. The first-order valence-electron chi connectivity index (χ1n) is 17.0. The molecule has 0 radical (unpaired) electrons. The highest BCUT2D eigenvalue weighted by molar-refractivity contribution is 7.91. The van der Waals surface area contributed by atoms with Crippen LogP contribution in [0.3, 0.4) is 0 Å². The number of hydrogen-bond donors (Lipinski definition) is 3. The molecule has 0 atom stereocenters. The molecule has 0 aliphatic rings. The van der Waals surface area contributed by atoms with Gasteiger partial charge in [-0.3, -0.25) is 4.79 Å². The summed E-state index contributed by atoms with van der Waals surface area (Å²) in [5.74, 6) is -0.472. The lowest BCUT2D eigenvalue weighted by molar-refractivity contribution is -0.136. The molecular weight excluding hydrogens is 863 g/mol. The van der Waals surface area contributed by atoms with Crippen LogP contribution in [-0.2, 0) is 51.9 Å². The fraction of sp³-hybridized carbons (Fsp3) is 0.200. The molecule has 0 spiro atoms. The van der Waals surface area contributed by atoms with Crippen molar-refractivity contribution in [2.24, 2.45) is 29.2 Å². The largest absolute Gasteiger partial charge is 0.481 e. The molecule has 0 aliphatic heterocycles. The molecule has 60 heavy (non-hydrogen) atoms. The van der Waals surface area contributed by atoms with Gasteiger partial charge in [0.2, 0.25) is 11.9 Å². The number of aliphatic carboxylic acids is 1. The SMILES string of the molecule is Cc1cc(Cc2nc(NCCC(=O)O)nc(Nc3ccc(N=Nc4cc(S(C)(=O)=O)cc(S(C)(=O)=O)c4)c(C)c3)n2)ccc1N=Nc1cc(N=S(=O)=O)cc(N=S(=O)=O)c1. The normalized spacial score (nSPS) is 11.7. The standard InChI is InChI=1S/C35H33N11O10S4/c1-20-11-22(5-7-30(20)43-41-24-14-26(45-57(49)50)16-27(15-24)46-58(51)52)13-32-38-34(36-10-9-33(47)48)40-35(39-32)37-23-6-8-31(21(2)12-23)44-42-25-17-28(59(3,53)54)19-29(18-25)60(4,55)56/h5-8,11-12,14-19H,9-10,13H2,1-4H3,(H,47,48)(H2,36,37,38,39,40). The maximum Gasteiger partial charge on any atom is 0.316 e. The van der Waals surface area contributed by atoms with E-state index in [-0.39, 0.29) is 63.8 Å². The molecule has 0 saturated carbocycles. The quantitative estimate of drug-likeness (QED) is 0.0864. The second-order valence-corrected chi connectivity index (χ2v) is 18.1. The van der Waals surface area contributed by atoms with Crippen LogP contribution in [0.1, 0.15) is 28.9 Å². The Morgan fingerprint density at radius 1 is 0.650 bits per heavy atom. The minimum absolute atomic E-state index is 0.0227. The van der Waals surface area contributed by atoms with Crippen molar-refractivity contribution in [2.75, 3.05) is 29.7 Å². The minimum atomic E-state index is -3.75. The van der Waals surface area contributed by atoms with Gasteiger partial charge in [0.25, 0.3) is 0 Å². The first-order chi connectivity index (χ1) is 28.2. The maximum atomic E-state index is 12.2. The highest BCUT2D eigenvalue weighted by Gasteiger charge is 2.16. The average molecular weight is 896 g/mol. The lowest BCUT2D eigenvalue weighted by atomic mass is 10.1. The Balaban J connectivity index is 1.38. The van der Waals surface area contributed by atoms with Crippen LogP contribution in [0.5, 0.6) is 0 Å². The van der Waals surface area contributed by atoms with Crippen molar-refractivity contribution >= 4 is 98.4 Å². The number of carboxylic acids is 1. The third-order valence-corrected chi connectivity index (χ3v) is 10.8. The van der Waals surface area contributed by atoms with E-state index in [0.29, 0.717) is 34.0 Å². The molecule has 0 unspecified atom stereocenters. The van der Waals surface area contributed by atoms with Gasteiger partial charge in [0.05, 0.1) is 50.3 Å². The van der Waals surface area contributed by atoms with E-state index in [1.807, 2.05) is 6.07 Å². The zero-order valence-electron chi connectivity index (χ0n) is 31.8. The number of aromatic nitrogens is 3. The van der Waals surface area contributed by atoms with Gasteiger partial charge in [-0.05, 0) is 91.2 Å². The molecule has 0 saturated heterocycles. The highest BCUT2D eigenvalue weighted by atomic mass is 32.2. The van der Waals surface area contributed by atoms with Crippen molar-refractivity contribution in [2.45, 2.75) is 36.5 Å². The first-order valence-corrected chi connectivity index (χ1v) is 22.9. The second-order valence-electron chi connectivity index (χ2n) is 12.8. The number of hydrogen-bond acceptors (Lipinski definition) is 20. The van der Waals surface area contributed by atoms with Crippen LogP contribution in [0, 0.1) is 13.8 Å². The molecule has 1 heterocycles. The summed E-state index contributed by atoms with van der Waals surface area (Å²) in [4.78, 5) is 24.1. The molecule has 1 aromatic heterocycles. The van der Waals surface area contributed by atoms with E-state index in [1.165, 1.54) is 24.3 Å². The van der Waals surface area contributed by atoms with Crippen molar-refractivity contribution < 1.29 is 43.6 Å². The van der Waals surface area contributed by atoms with Crippen LogP contribution in [0.4, 0.5) is 51.7 Å². The Bertz CT molecular complexity index is 2980. The summed E-state index contributed by atoms with van der Waals surface area (Å²) in [6.45, 7) is 3.55.